The van der Waals surface area contributed by atoms with E-state index in [-0.39, 0.29) is 5.91 Å². The van der Waals surface area contributed by atoms with Crippen LogP contribution in [-0.4, -0.2) is 55.5 Å². The minimum Gasteiger partial charge on any atom is -0.343 e. The lowest BCUT2D eigenvalue weighted by molar-refractivity contribution is -0.135. The van der Waals surface area contributed by atoms with Gasteiger partial charge in [0.1, 0.15) is 0 Å². The van der Waals surface area contributed by atoms with E-state index in [1.807, 2.05) is 25.9 Å². The summed E-state index contributed by atoms with van der Waals surface area (Å²) in [6.45, 7) is 5.29. The zero-order valence-corrected chi connectivity index (χ0v) is 10.0. The van der Waals surface area contributed by atoms with E-state index < -0.39 is 5.54 Å². The van der Waals surface area contributed by atoms with Crippen LogP contribution < -0.4 is 5.73 Å². The van der Waals surface area contributed by atoms with E-state index >= 15 is 0 Å². The summed E-state index contributed by atoms with van der Waals surface area (Å²) in [5.41, 5.74) is 5.14. The highest BCUT2D eigenvalue weighted by molar-refractivity contribution is 5.85. The molecule has 1 unspecified atom stereocenters. The molecule has 0 saturated carbocycles. The fourth-order valence-corrected chi connectivity index (χ4v) is 1.04. The summed E-state index contributed by atoms with van der Waals surface area (Å²) < 4.78 is 0. The second kappa shape index (κ2) is 5.32. The van der Waals surface area contributed by atoms with E-state index in [4.69, 9.17) is 5.73 Å². The maximum atomic E-state index is 11.8. The van der Waals surface area contributed by atoms with E-state index in [1.54, 1.807) is 18.9 Å². The fraction of sp³-hybridized carbons (Fsp3) is 0.900. The van der Waals surface area contributed by atoms with Gasteiger partial charge in [-0.1, -0.05) is 6.92 Å². The van der Waals surface area contributed by atoms with E-state index in [0.717, 1.165) is 13.1 Å². The van der Waals surface area contributed by atoms with Crippen molar-refractivity contribution in [3.05, 3.63) is 0 Å². The quantitative estimate of drug-likeness (QED) is 0.688. The molecule has 4 nitrogen and oxygen atoms in total. The van der Waals surface area contributed by atoms with Crippen LogP contribution in [0.2, 0.25) is 0 Å². The number of hydrogen-bond acceptors (Lipinski definition) is 3. The SMILES string of the molecule is CCC(C)(N)C(=O)N(C)CCN(C)C. The van der Waals surface area contributed by atoms with Crippen molar-refractivity contribution in [3.63, 3.8) is 0 Å². The molecule has 0 radical (unpaired) electrons. The molecule has 84 valence electrons. The van der Waals surface area contributed by atoms with Crippen LogP contribution in [0.3, 0.4) is 0 Å². The molecule has 0 heterocycles. The van der Waals surface area contributed by atoms with Gasteiger partial charge in [0.25, 0.3) is 0 Å². The lowest BCUT2D eigenvalue weighted by Gasteiger charge is -2.28. The van der Waals surface area contributed by atoms with Gasteiger partial charge in [-0.05, 0) is 27.4 Å². The summed E-state index contributed by atoms with van der Waals surface area (Å²) in [5.74, 6) is 0.0156. The van der Waals surface area contributed by atoms with Crippen LogP contribution in [0.4, 0.5) is 0 Å². The van der Waals surface area contributed by atoms with Crippen molar-refractivity contribution in [1.29, 1.82) is 0 Å². The van der Waals surface area contributed by atoms with E-state index in [0.29, 0.717) is 6.42 Å². The smallest absolute Gasteiger partial charge is 0.242 e. The second-order valence-corrected chi connectivity index (χ2v) is 4.30. The summed E-state index contributed by atoms with van der Waals surface area (Å²) >= 11 is 0. The van der Waals surface area contributed by atoms with Crippen molar-refractivity contribution in [2.24, 2.45) is 5.73 Å². The molecule has 0 aromatic rings. The number of carbonyl (C=O) groups is 1. The fourth-order valence-electron chi connectivity index (χ4n) is 1.04. The molecule has 2 N–H and O–H groups in total. The van der Waals surface area contributed by atoms with Crippen molar-refractivity contribution in [3.8, 4) is 0 Å². The Bertz CT molecular complexity index is 190. The Balaban J connectivity index is 4.12. The van der Waals surface area contributed by atoms with Gasteiger partial charge in [-0.3, -0.25) is 4.79 Å². The largest absolute Gasteiger partial charge is 0.343 e. The van der Waals surface area contributed by atoms with Crippen LogP contribution in [0.25, 0.3) is 0 Å². The number of rotatable bonds is 5. The van der Waals surface area contributed by atoms with E-state index in [2.05, 4.69) is 0 Å². The van der Waals surface area contributed by atoms with Crippen molar-refractivity contribution in [2.75, 3.05) is 34.2 Å². The lowest BCUT2D eigenvalue weighted by Crippen LogP contribution is -2.52. The van der Waals surface area contributed by atoms with Crippen molar-refractivity contribution in [1.82, 2.24) is 9.80 Å². The average molecular weight is 201 g/mol. The summed E-state index contributed by atoms with van der Waals surface area (Å²) in [6, 6.07) is 0. The topological polar surface area (TPSA) is 49.6 Å². The predicted molar refractivity (Wildman–Crippen MR) is 59.1 cm³/mol. The number of likely N-dealkylation sites (N-methyl/N-ethyl adjacent to an activating group) is 2. The summed E-state index contributed by atoms with van der Waals surface area (Å²) in [7, 11) is 5.77. The van der Waals surface area contributed by atoms with Gasteiger partial charge in [-0.15, -0.1) is 0 Å². The Hall–Kier alpha value is -0.610. The summed E-state index contributed by atoms with van der Waals surface area (Å²) in [5, 5.41) is 0. The van der Waals surface area contributed by atoms with Gasteiger partial charge in [0.05, 0.1) is 5.54 Å². The molecular weight excluding hydrogens is 178 g/mol. The predicted octanol–water partition coefficient (Wildman–Crippen LogP) is 0.134. The standard InChI is InChI=1S/C10H23N3O/c1-6-10(2,11)9(14)13(5)8-7-12(3)4/h6-8,11H2,1-5H3. The molecule has 0 aliphatic carbocycles. The monoisotopic (exact) mass is 201 g/mol. The molecule has 0 rings (SSSR count). The molecule has 0 aromatic heterocycles. The van der Waals surface area contributed by atoms with Gasteiger partial charge in [-0.25, -0.2) is 0 Å². The summed E-state index contributed by atoms with van der Waals surface area (Å²) in [6.07, 6.45) is 0.665. The number of amides is 1. The minimum atomic E-state index is -0.721. The molecule has 14 heavy (non-hydrogen) atoms. The molecule has 0 aromatic carbocycles. The van der Waals surface area contributed by atoms with E-state index in [9.17, 15) is 4.79 Å². The van der Waals surface area contributed by atoms with Crippen LogP contribution in [0.15, 0.2) is 0 Å². The van der Waals surface area contributed by atoms with Crippen LogP contribution in [0, 0.1) is 0 Å². The van der Waals surface area contributed by atoms with Gasteiger partial charge in [0, 0.05) is 20.1 Å². The molecule has 0 saturated heterocycles. The first-order valence-electron chi connectivity index (χ1n) is 5.00. The molecule has 0 fully saturated rings. The lowest BCUT2D eigenvalue weighted by atomic mass is 9.99. The van der Waals surface area contributed by atoms with Gasteiger partial charge < -0.3 is 15.5 Å². The minimum absolute atomic E-state index is 0.0156. The highest BCUT2D eigenvalue weighted by Crippen LogP contribution is 2.08. The first kappa shape index (κ1) is 13.4. The maximum Gasteiger partial charge on any atom is 0.242 e. The molecule has 4 heteroatoms. The highest BCUT2D eigenvalue weighted by atomic mass is 16.2. The van der Waals surface area contributed by atoms with Gasteiger partial charge in [-0.2, -0.15) is 0 Å². The zero-order valence-electron chi connectivity index (χ0n) is 10.0. The number of nitrogens with zero attached hydrogens (tertiary/aromatic N) is 2. The molecule has 0 spiro atoms. The number of hydrogen-bond donors (Lipinski definition) is 1. The Morgan fingerprint density at radius 2 is 1.79 bits per heavy atom. The van der Waals surface area contributed by atoms with Crippen LogP contribution >= 0.6 is 0 Å². The maximum absolute atomic E-state index is 11.8. The van der Waals surface area contributed by atoms with Gasteiger partial charge in [0.2, 0.25) is 5.91 Å². The zero-order chi connectivity index (χ0) is 11.4. The number of nitrogens with two attached hydrogens (primary N) is 1. The van der Waals surface area contributed by atoms with Crippen LogP contribution in [-0.2, 0) is 4.79 Å². The second-order valence-electron chi connectivity index (χ2n) is 4.30. The van der Waals surface area contributed by atoms with Crippen LogP contribution in [0.5, 0.6) is 0 Å². The Labute approximate surface area is 87.0 Å². The molecule has 0 bridgehead atoms. The first-order valence-corrected chi connectivity index (χ1v) is 5.00. The Morgan fingerprint density at radius 1 is 1.29 bits per heavy atom. The Morgan fingerprint density at radius 3 is 2.14 bits per heavy atom. The molecule has 1 atom stereocenters. The van der Waals surface area contributed by atoms with Crippen molar-refractivity contribution < 1.29 is 4.79 Å². The van der Waals surface area contributed by atoms with Gasteiger partial charge >= 0.3 is 0 Å². The third-order valence-electron chi connectivity index (χ3n) is 2.45. The normalized spacial score (nSPS) is 15.4. The third-order valence-corrected chi connectivity index (χ3v) is 2.45. The Kier molecular flexibility index (Phi) is 5.08. The molecule has 1 amide bonds. The average Bonchev–Trinajstić information content (AvgIpc) is 2.12. The van der Waals surface area contributed by atoms with Crippen LogP contribution in [0.1, 0.15) is 20.3 Å². The molecule has 0 aliphatic heterocycles. The third kappa shape index (κ3) is 4.07. The van der Waals surface area contributed by atoms with Gasteiger partial charge in [0.15, 0.2) is 0 Å². The number of carbonyl (C=O) groups excluding carboxylic acids is 1. The van der Waals surface area contributed by atoms with Crippen molar-refractivity contribution >= 4 is 5.91 Å². The molecule has 0 aliphatic rings. The highest BCUT2D eigenvalue weighted by Gasteiger charge is 2.28. The summed E-state index contributed by atoms with van der Waals surface area (Å²) in [4.78, 5) is 15.5. The van der Waals surface area contributed by atoms with Crippen molar-refractivity contribution in [2.45, 2.75) is 25.8 Å². The van der Waals surface area contributed by atoms with E-state index in [1.165, 1.54) is 0 Å². The molecular formula is C10H23N3O. The first-order chi connectivity index (χ1) is 6.31.